The first-order chi connectivity index (χ1) is 11.4. The summed E-state index contributed by atoms with van der Waals surface area (Å²) in [5, 5.41) is 3.54. The van der Waals surface area contributed by atoms with Crippen LogP contribution in [-0.4, -0.2) is 17.5 Å². The number of nitrogens with zero attached hydrogens (tertiary/aromatic N) is 1. The van der Waals surface area contributed by atoms with Crippen molar-refractivity contribution < 1.29 is 9.53 Å². The average Bonchev–Trinajstić information content (AvgIpc) is 2.94. The molecule has 24 heavy (non-hydrogen) atoms. The maximum absolute atomic E-state index is 12.1. The van der Waals surface area contributed by atoms with Gasteiger partial charge in [-0.1, -0.05) is 32.9 Å². The molecular weight excluding hydrogens is 320 g/mol. The SMILES string of the molecule is CC(C)(C)c1ccc(OCC(=O)Nc2nc3c(s2)CCCC3)cc1. The maximum Gasteiger partial charge on any atom is 0.264 e. The van der Waals surface area contributed by atoms with E-state index in [0.717, 1.165) is 18.5 Å². The second-order valence-electron chi connectivity index (χ2n) is 7.21. The molecule has 0 radical (unpaired) electrons. The van der Waals surface area contributed by atoms with E-state index in [2.05, 4.69) is 31.1 Å². The highest BCUT2D eigenvalue weighted by Crippen LogP contribution is 2.29. The van der Waals surface area contributed by atoms with E-state index in [1.807, 2.05) is 24.3 Å². The third-order valence-electron chi connectivity index (χ3n) is 4.18. The lowest BCUT2D eigenvalue weighted by Crippen LogP contribution is -2.20. The Morgan fingerprint density at radius 2 is 1.92 bits per heavy atom. The molecule has 1 aromatic heterocycles. The van der Waals surface area contributed by atoms with Crippen molar-refractivity contribution in [1.29, 1.82) is 0 Å². The Morgan fingerprint density at radius 3 is 2.58 bits per heavy atom. The van der Waals surface area contributed by atoms with Crippen LogP contribution in [0.1, 0.15) is 49.7 Å². The van der Waals surface area contributed by atoms with Crippen molar-refractivity contribution >= 4 is 22.4 Å². The van der Waals surface area contributed by atoms with Gasteiger partial charge in [0.1, 0.15) is 5.75 Å². The van der Waals surface area contributed by atoms with Gasteiger partial charge in [-0.15, -0.1) is 11.3 Å². The second-order valence-corrected chi connectivity index (χ2v) is 8.29. The van der Waals surface area contributed by atoms with E-state index in [4.69, 9.17) is 4.74 Å². The first-order valence-corrected chi connectivity index (χ1v) is 9.25. The molecule has 128 valence electrons. The van der Waals surface area contributed by atoms with Gasteiger partial charge in [0.05, 0.1) is 5.69 Å². The van der Waals surface area contributed by atoms with Crippen LogP contribution in [0.3, 0.4) is 0 Å². The van der Waals surface area contributed by atoms with Crippen LogP contribution in [0.25, 0.3) is 0 Å². The quantitative estimate of drug-likeness (QED) is 0.898. The fourth-order valence-corrected chi connectivity index (χ4v) is 3.83. The van der Waals surface area contributed by atoms with Crippen LogP contribution in [0, 0.1) is 0 Å². The van der Waals surface area contributed by atoms with Crippen LogP contribution in [0.5, 0.6) is 5.75 Å². The normalized spacial score (nSPS) is 14.1. The minimum atomic E-state index is -0.166. The number of amides is 1. The van der Waals surface area contributed by atoms with Crippen molar-refractivity contribution in [3.05, 3.63) is 40.4 Å². The van der Waals surface area contributed by atoms with Crippen molar-refractivity contribution in [1.82, 2.24) is 4.98 Å². The molecule has 0 spiro atoms. The fraction of sp³-hybridized carbons (Fsp3) is 0.474. The summed E-state index contributed by atoms with van der Waals surface area (Å²) in [5.41, 5.74) is 2.51. The largest absolute Gasteiger partial charge is 0.484 e. The van der Waals surface area contributed by atoms with Crippen LogP contribution in [-0.2, 0) is 23.1 Å². The van der Waals surface area contributed by atoms with E-state index < -0.39 is 0 Å². The molecule has 0 unspecified atom stereocenters. The number of fused-ring (bicyclic) bond motifs is 1. The summed E-state index contributed by atoms with van der Waals surface area (Å²) < 4.78 is 5.57. The lowest BCUT2D eigenvalue weighted by Gasteiger charge is -2.19. The summed E-state index contributed by atoms with van der Waals surface area (Å²) in [4.78, 5) is 17.9. The molecule has 1 amide bonds. The minimum Gasteiger partial charge on any atom is -0.484 e. The lowest BCUT2D eigenvalue weighted by atomic mass is 9.87. The molecule has 0 saturated carbocycles. The monoisotopic (exact) mass is 344 g/mol. The van der Waals surface area contributed by atoms with Crippen molar-refractivity contribution in [2.24, 2.45) is 0 Å². The van der Waals surface area contributed by atoms with E-state index in [0.29, 0.717) is 10.9 Å². The van der Waals surface area contributed by atoms with Crippen molar-refractivity contribution in [3.8, 4) is 5.75 Å². The summed E-state index contributed by atoms with van der Waals surface area (Å²) in [5.74, 6) is 0.539. The number of carbonyl (C=O) groups is 1. The van der Waals surface area contributed by atoms with Gasteiger partial charge in [0.15, 0.2) is 11.7 Å². The zero-order valence-electron chi connectivity index (χ0n) is 14.5. The molecule has 0 fully saturated rings. The fourth-order valence-electron chi connectivity index (χ4n) is 2.76. The number of benzene rings is 1. The molecule has 1 aliphatic rings. The van der Waals surface area contributed by atoms with Crippen LogP contribution < -0.4 is 10.1 Å². The van der Waals surface area contributed by atoms with Crippen LogP contribution in [0.15, 0.2) is 24.3 Å². The van der Waals surface area contributed by atoms with E-state index in [1.165, 1.54) is 23.3 Å². The topological polar surface area (TPSA) is 51.2 Å². The van der Waals surface area contributed by atoms with Gasteiger partial charge in [0.25, 0.3) is 5.91 Å². The standard InChI is InChI=1S/C19H24N2O2S/c1-19(2,3)13-8-10-14(11-9-13)23-12-17(22)21-18-20-15-6-4-5-7-16(15)24-18/h8-11H,4-7,12H2,1-3H3,(H,20,21,22). The van der Waals surface area contributed by atoms with E-state index in [1.54, 1.807) is 11.3 Å². The van der Waals surface area contributed by atoms with Gasteiger partial charge in [0, 0.05) is 4.88 Å². The highest BCUT2D eigenvalue weighted by Gasteiger charge is 2.17. The number of aromatic nitrogens is 1. The van der Waals surface area contributed by atoms with Crippen LogP contribution >= 0.6 is 11.3 Å². The Labute approximate surface area is 147 Å². The molecule has 0 saturated heterocycles. The molecule has 1 aromatic carbocycles. The molecule has 1 N–H and O–H groups in total. The first-order valence-electron chi connectivity index (χ1n) is 8.43. The van der Waals surface area contributed by atoms with Gasteiger partial charge in [0.2, 0.25) is 0 Å². The second kappa shape index (κ2) is 6.93. The Morgan fingerprint density at radius 1 is 1.21 bits per heavy atom. The number of aryl methyl sites for hydroxylation is 2. The molecule has 4 nitrogen and oxygen atoms in total. The van der Waals surface area contributed by atoms with Gasteiger partial charge in [-0.2, -0.15) is 0 Å². The molecule has 0 aliphatic heterocycles. The highest BCUT2D eigenvalue weighted by atomic mass is 32.1. The Hall–Kier alpha value is -1.88. The Balaban J connectivity index is 1.53. The van der Waals surface area contributed by atoms with Gasteiger partial charge in [-0.3, -0.25) is 10.1 Å². The number of carbonyl (C=O) groups excluding carboxylic acids is 1. The molecule has 5 heteroatoms. The molecule has 0 bridgehead atoms. The van der Waals surface area contributed by atoms with Crippen molar-refractivity contribution in [2.45, 2.75) is 51.9 Å². The number of thiazole rings is 1. The van der Waals surface area contributed by atoms with Gasteiger partial charge in [-0.05, 0) is 48.8 Å². The van der Waals surface area contributed by atoms with E-state index in [-0.39, 0.29) is 17.9 Å². The number of rotatable bonds is 4. The molecule has 0 atom stereocenters. The summed E-state index contributed by atoms with van der Waals surface area (Å²) in [6.07, 6.45) is 4.52. The molecule has 1 heterocycles. The Kier molecular flexibility index (Phi) is 4.90. The number of ether oxygens (including phenoxy) is 1. The predicted octanol–water partition coefficient (Wildman–Crippen LogP) is 4.34. The lowest BCUT2D eigenvalue weighted by molar-refractivity contribution is -0.118. The van der Waals surface area contributed by atoms with Crippen LogP contribution in [0.2, 0.25) is 0 Å². The average molecular weight is 344 g/mol. The zero-order chi connectivity index (χ0) is 17.2. The zero-order valence-corrected chi connectivity index (χ0v) is 15.3. The number of hydrogen-bond acceptors (Lipinski definition) is 4. The van der Waals surface area contributed by atoms with Crippen molar-refractivity contribution in [3.63, 3.8) is 0 Å². The Bertz CT molecular complexity index is 690. The maximum atomic E-state index is 12.1. The summed E-state index contributed by atoms with van der Waals surface area (Å²) in [6.45, 7) is 6.51. The highest BCUT2D eigenvalue weighted by molar-refractivity contribution is 7.15. The third-order valence-corrected chi connectivity index (χ3v) is 5.26. The minimum absolute atomic E-state index is 0.000882. The first kappa shape index (κ1) is 17.0. The molecular formula is C19H24N2O2S. The van der Waals surface area contributed by atoms with E-state index in [9.17, 15) is 4.79 Å². The number of nitrogens with one attached hydrogen (secondary N) is 1. The van der Waals surface area contributed by atoms with Crippen LogP contribution in [0.4, 0.5) is 5.13 Å². The van der Waals surface area contributed by atoms with Gasteiger partial charge >= 0.3 is 0 Å². The molecule has 2 aromatic rings. The number of anilines is 1. The van der Waals surface area contributed by atoms with Gasteiger partial charge < -0.3 is 4.74 Å². The smallest absolute Gasteiger partial charge is 0.264 e. The molecule has 1 aliphatic carbocycles. The summed E-state index contributed by atoms with van der Waals surface area (Å²) in [6, 6.07) is 7.91. The summed E-state index contributed by atoms with van der Waals surface area (Å²) in [7, 11) is 0. The van der Waals surface area contributed by atoms with Crippen molar-refractivity contribution in [2.75, 3.05) is 11.9 Å². The molecule has 3 rings (SSSR count). The predicted molar refractivity (Wildman–Crippen MR) is 98.0 cm³/mol. The third kappa shape index (κ3) is 4.15. The van der Waals surface area contributed by atoms with E-state index >= 15 is 0 Å². The summed E-state index contributed by atoms with van der Waals surface area (Å²) >= 11 is 1.59. The van der Waals surface area contributed by atoms with Gasteiger partial charge in [-0.25, -0.2) is 4.98 Å². The number of hydrogen-bond donors (Lipinski definition) is 1.